The predicted octanol–water partition coefficient (Wildman–Crippen LogP) is 2.96. The molecule has 3 heterocycles. The molecule has 0 atom stereocenters. The summed E-state index contributed by atoms with van der Waals surface area (Å²) in [6.45, 7) is 2.24. The maximum Gasteiger partial charge on any atom is 0.164 e. The van der Waals surface area contributed by atoms with E-state index in [1.54, 1.807) is 0 Å². The second kappa shape index (κ2) is 5.89. The van der Waals surface area contributed by atoms with Gasteiger partial charge in [0.1, 0.15) is 11.3 Å². The zero-order valence-corrected chi connectivity index (χ0v) is 12.6. The van der Waals surface area contributed by atoms with Crippen molar-refractivity contribution in [1.29, 1.82) is 0 Å². The van der Waals surface area contributed by atoms with Gasteiger partial charge in [-0.1, -0.05) is 18.2 Å². The van der Waals surface area contributed by atoms with E-state index in [-0.39, 0.29) is 0 Å². The molecule has 0 spiro atoms. The van der Waals surface area contributed by atoms with Gasteiger partial charge < -0.3 is 5.32 Å². The van der Waals surface area contributed by atoms with Crippen LogP contribution in [0.1, 0.15) is 18.7 Å². The predicted molar refractivity (Wildman–Crippen MR) is 88.2 cm³/mol. The van der Waals surface area contributed by atoms with Gasteiger partial charge in [0, 0.05) is 18.3 Å². The van der Waals surface area contributed by atoms with Crippen molar-refractivity contribution >= 4 is 11.2 Å². The summed E-state index contributed by atoms with van der Waals surface area (Å²) in [5.74, 6) is 1.84. The molecule has 1 fully saturated rings. The number of imidazole rings is 1. The fourth-order valence-electron chi connectivity index (χ4n) is 3.29. The summed E-state index contributed by atoms with van der Waals surface area (Å²) in [4.78, 5) is 9.42. The molecule has 0 bridgehead atoms. The SMILES string of the molecule is c1ccc(-n2c(CC3CCNCC3)nc3cccnc32)cc1. The van der Waals surface area contributed by atoms with Gasteiger partial charge in [0.2, 0.25) is 0 Å². The molecule has 22 heavy (non-hydrogen) atoms. The van der Waals surface area contributed by atoms with Gasteiger partial charge in [0.05, 0.1) is 0 Å². The number of benzene rings is 1. The molecular weight excluding hydrogens is 272 g/mol. The van der Waals surface area contributed by atoms with Crippen LogP contribution in [-0.4, -0.2) is 27.6 Å². The van der Waals surface area contributed by atoms with Crippen LogP contribution in [0.5, 0.6) is 0 Å². The lowest BCUT2D eigenvalue weighted by Crippen LogP contribution is -2.29. The number of para-hydroxylation sites is 1. The first kappa shape index (κ1) is 13.5. The Morgan fingerprint density at radius 1 is 1.05 bits per heavy atom. The molecule has 0 radical (unpaired) electrons. The van der Waals surface area contributed by atoms with Gasteiger partial charge in [-0.05, 0) is 56.1 Å². The van der Waals surface area contributed by atoms with Crippen LogP contribution in [0.2, 0.25) is 0 Å². The first-order valence-electron chi connectivity index (χ1n) is 8.00. The monoisotopic (exact) mass is 292 g/mol. The van der Waals surface area contributed by atoms with Crippen molar-refractivity contribution in [1.82, 2.24) is 19.9 Å². The lowest BCUT2D eigenvalue weighted by molar-refractivity contribution is 0.366. The molecule has 0 amide bonds. The Labute approximate surface area is 130 Å². The molecule has 4 rings (SSSR count). The molecular formula is C18H20N4. The topological polar surface area (TPSA) is 42.7 Å². The average Bonchev–Trinajstić information content (AvgIpc) is 2.94. The second-order valence-electron chi connectivity index (χ2n) is 5.94. The van der Waals surface area contributed by atoms with Crippen molar-refractivity contribution < 1.29 is 0 Å². The lowest BCUT2D eigenvalue weighted by Gasteiger charge is -2.22. The fraction of sp³-hybridized carbons (Fsp3) is 0.333. The number of piperidine rings is 1. The molecule has 4 nitrogen and oxygen atoms in total. The van der Waals surface area contributed by atoms with E-state index in [1.165, 1.54) is 12.8 Å². The van der Waals surface area contributed by atoms with Crippen LogP contribution >= 0.6 is 0 Å². The maximum absolute atomic E-state index is 4.86. The van der Waals surface area contributed by atoms with E-state index in [9.17, 15) is 0 Å². The third-order valence-corrected chi connectivity index (χ3v) is 4.43. The normalized spacial score (nSPS) is 16.2. The lowest BCUT2D eigenvalue weighted by atomic mass is 9.94. The minimum Gasteiger partial charge on any atom is -0.317 e. The highest BCUT2D eigenvalue weighted by Crippen LogP contribution is 2.24. The first-order valence-corrected chi connectivity index (χ1v) is 8.00. The molecule has 3 aromatic rings. The van der Waals surface area contributed by atoms with Crippen molar-refractivity contribution in [3.05, 3.63) is 54.5 Å². The molecule has 112 valence electrons. The van der Waals surface area contributed by atoms with Crippen molar-refractivity contribution in [2.45, 2.75) is 19.3 Å². The van der Waals surface area contributed by atoms with Gasteiger partial charge in [-0.15, -0.1) is 0 Å². The van der Waals surface area contributed by atoms with Crippen LogP contribution in [-0.2, 0) is 6.42 Å². The van der Waals surface area contributed by atoms with E-state index < -0.39 is 0 Å². The largest absolute Gasteiger partial charge is 0.317 e. The average molecular weight is 292 g/mol. The summed E-state index contributed by atoms with van der Waals surface area (Å²) in [5.41, 5.74) is 3.08. The van der Waals surface area contributed by atoms with Gasteiger partial charge in [0.25, 0.3) is 0 Å². The van der Waals surface area contributed by atoms with E-state index in [0.717, 1.165) is 42.2 Å². The Bertz CT molecular complexity index is 757. The molecule has 1 N–H and O–H groups in total. The van der Waals surface area contributed by atoms with E-state index in [0.29, 0.717) is 5.92 Å². The molecule has 2 aromatic heterocycles. The molecule has 0 saturated carbocycles. The highest BCUT2D eigenvalue weighted by Gasteiger charge is 2.19. The summed E-state index contributed by atoms with van der Waals surface area (Å²) >= 11 is 0. The van der Waals surface area contributed by atoms with Crippen LogP contribution in [0.4, 0.5) is 0 Å². The Hall–Kier alpha value is -2.20. The van der Waals surface area contributed by atoms with Gasteiger partial charge in [-0.2, -0.15) is 0 Å². The molecule has 1 aliphatic heterocycles. The second-order valence-corrected chi connectivity index (χ2v) is 5.94. The number of fused-ring (bicyclic) bond motifs is 1. The summed E-state index contributed by atoms with van der Waals surface area (Å²) in [6, 6.07) is 14.4. The highest BCUT2D eigenvalue weighted by molar-refractivity contribution is 5.73. The number of rotatable bonds is 3. The van der Waals surface area contributed by atoms with Crippen LogP contribution in [0.25, 0.3) is 16.9 Å². The molecule has 4 heteroatoms. The minimum absolute atomic E-state index is 0.709. The Morgan fingerprint density at radius 2 is 1.86 bits per heavy atom. The van der Waals surface area contributed by atoms with Gasteiger partial charge >= 0.3 is 0 Å². The van der Waals surface area contributed by atoms with E-state index in [4.69, 9.17) is 4.98 Å². The van der Waals surface area contributed by atoms with Crippen molar-refractivity contribution in [2.24, 2.45) is 5.92 Å². The molecule has 0 unspecified atom stereocenters. The van der Waals surface area contributed by atoms with Crippen molar-refractivity contribution in [2.75, 3.05) is 13.1 Å². The number of nitrogens with zero attached hydrogens (tertiary/aromatic N) is 3. The minimum atomic E-state index is 0.709. The zero-order valence-electron chi connectivity index (χ0n) is 12.6. The number of aromatic nitrogens is 3. The van der Waals surface area contributed by atoms with E-state index in [2.05, 4.69) is 39.1 Å². The number of pyridine rings is 1. The highest BCUT2D eigenvalue weighted by atomic mass is 15.1. The van der Waals surface area contributed by atoms with Crippen LogP contribution in [0, 0.1) is 5.92 Å². The Morgan fingerprint density at radius 3 is 2.68 bits per heavy atom. The van der Waals surface area contributed by atoms with E-state index in [1.807, 2.05) is 24.4 Å². The molecule has 1 saturated heterocycles. The molecule has 1 aromatic carbocycles. The van der Waals surface area contributed by atoms with Gasteiger partial charge in [-0.25, -0.2) is 9.97 Å². The number of hydrogen-bond donors (Lipinski definition) is 1. The third-order valence-electron chi connectivity index (χ3n) is 4.43. The summed E-state index contributed by atoms with van der Waals surface area (Å²) in [5, 5.41) is 3.43. The zero-order chi connectivity index (χ0) is 14.8. The fourth-order valence-corrected chi connectivity index (χ4v) is 3.29. The van der Waals surface area contributed by atoms with Gasteiger partial charge in [0.15, 0.2) is 5.65 Å². The smallest absolute Gasteiger partial charge is 0.164 e. The van der Waals surface area contributed by atoms with Crippen molar-refractivity contribution in [3.8, 4) is 5.69 Å². The standard InChI is InChI=1S/C18H20N4/c1-2-5-15(6-3-1)22-17(13-14-8-11-19-12-9-14)21-16-7-4-10-20-18(16)22/h1-7,10,14,19H,8-9,11-13H2. The van der Waals surface area contributed by atoms with Gasteiger partial charge in [-0.3, -0.25) is 4.57 Å². The van der Waals surface area contributed by atoms with Crippen LogP contribution in [0.3, 0.4) is 0 Å². The van der Waals surface area contributed by atoms with Crippen LogP contribution < -0.4 is 5.32 Å². The summed E-state index contributed by atoms with van der Waals surface area (Å²) < 4.78 is 2.22. The number of hydrogen-bond acceptors (Lipinski definition) is 3. The Kier molecular flexibility index (Phi) is 3.60. The summed E-state index contributed by atoms with van der Waals surface area (Å²) in [7, 11) is 0. The maximum atomic E-state index is 4.86. The quantitative estimate of drug-likeness (QED) is 0.807. The van der Waals surface area contributed by atoms with Crippen molar-refractivity contribution in [3.63, 3.8) is 0 Å². The Balaban J connectivity index is 1.79. The van der Waals surface area contributed by atoms with E-state index >= 15 is 0 Å². The summed E-state index contributed by atoms with van der Waals surface area (Å²) in [6.07, 6.45) is 5.32. The van der Waals surface area contributed by atoms with Crippen LogP contribution in [0.15, 0.2) is 48.7 Å². The number of nitrogens with one attached hydrogen (secondary N) is 1. The molecule has 0 aliphatic carbocycles. The first-order chi connectivity index (χ1) is 10.9. The molecule has 1 aliphatic rings. The third kappa shape index (κ3) is 2.50.